The first-order valence-corrected chi connectivity index (χ1v) is 6.49. The average Bonchev–Trinajstić information content (AvgIpc) is 2.25. The molecule has 1 heterocycles. The fourth-order valence-electron chi connectivity index (χ4n) is 1.47. The summed E-state index contributed by atoms with van der Waals surface area (Å²) in [5.74, 6) is -1.85. The van der Waals surface area contributed by atoms with E-state index in [0.717, 1.165) is 16.7 Å². The Bertz CT molecular complexity index is 434. The number of amides is 1. The number of nitro groups is 2. The van der Waals surface area contributed by atoms with Crippen LogP contribution in [0.15, 0.2) is 0 Å². The number of carboxylic acid groups (broad SMARTS) is 1. The molecule has 0 radical (unpaired) electrons. The molecule has 0 saturated carbocycles. The van der Waals surface area contributed by atoms with E-state index in [9.17, 15) is 29.8 Å². The number of aliphatic carboxylic acids is 1. The lowest BCUT2D eigenvalue weighted by Crippen LogP contribution is -2.71. The number of nitrogens with two attached hydrogens (primary N) is 1. The lowest BCUT2D eigenvalue weighted by Gasteiger charge is -2.35. The number of carbonyl (C=O) groups excluding carboxylic acids is 1. The third-order valence-electron chi connectivity index (χ3n) is 2.76. The first kappa shape index (κ1) is 16.1. The number of hydrogen-bond acceptors (Lipinski definition) is 8. The van der Waals surface area contributed by atoms with Crippen LogP contribution < -0.4 is 5.73 Å². The third-order valence-corrected chi connectivity index (χ3v) is 3.81. The molecule has 20 heavy (non-hydrogen) atoms. The van der Waals surface area contributed by atoms with E-state index < -0.39 is 46.5 Å². The first-order chi connectivity index (χ1) is 9.20. The molecule has 1 amide bonds. The number of likely N-dealkylation sites (tertiary alicyclic amines) is 1. The van der Waals surface area contributed by atoms with Crippen LogP contribution >= 0.6 is 11.8 Å². The van der Waals surface area contributed by atoms with Gasteiger partial charge in [-0.2, -0.15) is 0 Å². The Kier molecular flexibility index (Phi) is 4.83. The molecule has 12 heteroatoms. The summed E-state index contributed by atoms with van der Waals surface area (Å²) in [6, 6.07) is -1.11. The second-order valence-electron chi connectivity index (χ2n) is 4.21. The van der Waals surface area contributed by atoms with Gasteiger partial charge in [0.1, 0.15) is 15.9 Å². The van der Waals surface area contributed by atoms with Gasteiger partial charge in [0.25, 0.3) is 0 Å². The first-order valence-electron chi connectivity index (χ1n) is 5.33. The summed E-state index contributed by atoms with van der Waals surface area (Å²) >= 11 is 0.956. The molecule has 11 nitrogen and oxygen atoms in total. The fourth-order valence-corrected chi connectivity index (χ4v) is 2.35. The maximum Gasteiger partial charge on any atom is 0.492 e. The van der Waals surface area contributed by atoms with Gasteiger partial charge in [-0.25, -0.2) is 0 Å². The molecule has 0 spiro atoms. The van der Waals surface area contributed by atoms with Gasteiger partial charge < -0.3 is 15.7 Å². The second-order valence-corrected chi connectivity index (χ2v) is 5.24. The smallest absolute Gasteiger partial charge is 0.480 e. The van der Waals surface area contributed by atoms with Crippen molar-refractivity contribution in [3.8, 4) is 0 Å². The van der Waals surface area contributed by atoms with Crippen LogP contribution in [-0.4, -0.2) is 68.0 Å². The van der Waals surface area contributed by atoms with Crippen molar-refractivity contribution >= 4 is 23.6 Å². The third kappa shape index (κ3) is 3.14. The molecule has 1 aliphatic heterocycles. The van der Waals surface area contributed by atoms with E-state index in [1.165, 1.54) is 0 Å². The summed E-state index contributed by atoms with van der Waals surface area (Å²) in [7, 11) is 0. The van der Waals surface area contributed by atoms with Crippen molar-refractivity contribution in [1.82, 2.24) is 4.90 Å². The monoisotopic (exact) mass is 308 g/mol. The van der Waals surface area contributed by atoms with E-state index in [4.69, 9.17) is 10.8 Å². The van der Waals surface area contributed by atoms with Gasteiger partial charge in [0.05, 0.1) is 5.75 Å². The van der Waals surface area contributed by atoms with Crippen molar-refractivity contribution < 1.29 is 24.5 Å². The van der Waals surface area contributed by atoms with Crippen LogP contribution in [0.4, 0.5) is 0 Å². The van der Waals surface area contributed by atoms with Gasteiger partial charge in [-0.1, -0.05) is 0 Å². The summed E-state index contributed by atoms with van der Waals surface area (Å²) in [6.45, 7) is -1.17. The fraction of sp³-hybridized carbons (Fsp3) is 0.750. The minimum absolute atomic E-state index is 0.00449. The zero-order valence-corrected chi connectivity index (χ0v) is 10.9. The van der Waals surface area contributed by atoms with E-state index in [1.807, 2.05) is 0 Å². The SMILES string of the molecule is NC(CSCC(=O)N1CC([N+](=O)[O-])([N+](=O)[O-])C1)C(=O)O. The molecule has 1 rings (SSSR count). The molecular formula is C8H12N4O7S. The van der Waals surface area contributed by atoms with Crippen molar-refractivity contribution in [3.63, 3.8) is 0 Å². The molecule has 0 aromatic carbocycles. The second kappa shape index (κ2) is 6.00. The zero-order valence-electron chi connectivity index (χ0n) is 10.1. The van der Waals surface area contributed by atoms with Gasteiger partial charge in [0.15, 0.2) is 13.1 Å². The molecule has 0 bridgehead atoms. The standard InChI is InChI=1S/C8H12N4O7S/c9-5(7(14)15)1-20-2-6(13)10-3-8(4-10,11(16)17)12(18)19/h5H,1-4,9H2,(H,14,15). The summed E-state index contributed by atoms with van der Waals surface area (Å²) in [4.78, 5) is 42.2. The quantitative estimate of drug-likeness (QED) is 0.313. The highest BCUT2D eigenvalue weighted by molar-refractivity contribution is 8.00. The summed E-state index contributed by atoms with van der Waals surface area (Å²) in [6.07, 6.45) is 0. The molecule has 1 aliphatic rings. The van der Waals surface area contributed by atoms with E-state index in [0.29, 0.717) is 0 Å². The van der Waals surface area contributed by atoms with E-state index >= 15 is 0 Å². The molecular weight excluding hydrogens is 296 g/mol. The van der Waals surface area contributed by atoms with Gasteiger partial charge in [-0.15, -0.1) is 11.8 Å². The highest BCUT2D eigenvalue weighted by Gasteiger charge is 2.67. The average molecular weight is 308 g/mol. The van der Waals surface area contributed by atoms with Crippen LogP contribution in [0.3, 0.4) is 0 Å². The number of hydrogen-bond donors (Lipinski definition) is 2. The minimum Gasteiger partial charge on any atom is -0.480 e. The van der Waals surface area contributed by atoms with Crippen molar-refractivity contribution in [2.24, 2.45) is 5.73 Å². The number of thioether (sulfide) groups is 1. The van der Waals surface area contributed by atoms with Gasteiger partial charge in [-0.3, -0.25) is 29.8 Å². The van der Waals surface area contributed by atoms with Gasteiger partial charge >= 0.3 is 11.6 Å². The Morgan fingerprint density at radius 3 is 2.25 bits per heavy atom. The molecule has 1 unspecified atom stereocenters. The van der Waals surface area contributed by atoms with Crippen molar-refractivity contribution in [2.75, 3.05) is 24.6 Å². The van der Waals surface area contributed by atoms with E-state index in [-0.39, 0.29) is 11.5 Å². The molecule has 1 atom stereocenters. The Morgan fingerprint density at radius 1 is 1.35 bits per heavy atom. The Hall–Kier alpha value is -1.95. The van der Waals surface area contributed by atoms with E-state index in [1.54, 1.807) is 0 Å². The topological polar surface area (TPSA) is 170 Å². The number of nitrogens with zero attached hydrogens (tertiary/aromatic N) is 3. The molecule has 1 saturated heterocycles. The molecule has 0 aliphatic carbocycles. The number of carbonyl (C=O) groups is 2. The molecule has 1 fully saturated rings. The highest BCUT2D eigenvalue weighted by atomic mass is 32.2. The van der Waals surface area contributed by atoms with Crippen LogP contribution in [-0.2, 0) is 9.59 Å². The molecule has 112 valence electrons. The predicted molar refractivity (Wildman–Crippen MR) is 66.2 cm³/mol. The van der Waals surface area contributed by atoms with Crippen LogP contribution in [0.1, 0.15) is 0 Å². The minimum atomic E-state index is -2.32. The molecule has 0 aromatic rings. The normalized spacial score (nSPS) is 17.9. The summed E-state index contributed by atoms with van der Waals surface area (Å²) in [5.41, 5.74) is 2.90. The maximum absolute atomic E-state index is 11.6. The van der Waals surface area contributed by atoms with Crippen LogP contribution in [0.5, 0.6) is 0 Å². The Balaban J connectivity index is 2.40. The van der Waals surface area contributed by atoms with E-state index in [2.05, 4.69) is 0 Å². The summed E-state index contributed by atoms with van der Waals surface area (Å²) < 4.78 is 0. The number of rotatable bonds is 7. The lowest BCUT2D eigenvalue weighted by atomic mass is 10.0. The Morgan fingerprint density at radius 2 is 1.85 bits per heavy atom. The lowest BCUT2D eigenvalue weighted by molar-refractivity contribution is -0.809. The van der Waals surface area contributed by atoms with Crippen molar-refractivity contribution in [3.05, 3.63) is 20.2 Å². The van der Waals surface area contributed by atoms with Gasteiger partial charge in [0.2, 0.25) is 5.91 Å². The van der Waals surface area contributed by atoms with Crippen molar-refractivity contribution in [1.29, 1.82) is 0 Å². The Labute approximate surface area is 116 Å². The molecule has 0 aromatic heterocycles. The van der Waals surface area contributed by atoms with Crippen LogP contribution in [0.2, 0.25) is 0 Å². The highest BCUT2D eigenvalue weighted by Crippen LogP contribution is 2.25. The molecule has 3 N–H and O–H groups in total. The van der Waals surface area contributed by atoms with Gasteiger partial charge in [0, 0.05) is 5.75 Å². The van der Waals surface area contributed by atoms with Crippen LogP contribution in [0, 0.1) is 20.2 Å². The van der Waals surface area contributed by atoms with Crippen LogP contribution in [0.25, 0.3) is 0 Å². The summed E-state index contributed by atoms with van der Waals surface area (Å²) in [5, 5.41) is 29.8. The predicted octanol–water partition coefficient (Wildman–Crippen LogP) is -1.78. The largest absolute Gasteiger partial charge is 0.492 e. The van der Waals surface area contributed by atoms with Crippen molar-refractivity contribution in [2.45, 2.75) is 11.7 Å². The zero-order chi connectivity index (χ0) is 15.5. The van der Waals surface area contributed by atoms with Gasteiger partial charge in [-0.05, 0) is 0 Å². The maximum atomic E-state index is 11.6. The number of carboxylic acids is 1.